The fourth-order valence-electron chi connectivity index (χ4n) is 2.42. The van der Waals surface area contributed by atoms with Gasteiger partial charge in [0.1, 0.15) is 0 Å². The molecule has 2 aliphatic rings. The molecule has 2 aliphatic heterocycles. The summed E-state index contributed by atoms with van der Waals surface area (Å²) in [5.74, 6) is 0. The summed E-state index contributed by atoms with van der Waals surface area (Å²) in [5.41, 5.74) is 0. The van der Waals surface area contributed by atoms with Crippen LogP contribution in [0.1, 0.15) is 25.7 Å². The van der Waals surface area contributed by atoms with Crippen molar-refractivity contribution < 1.29 is 9.84 Å². The van der Waals surface area contributed by atoms with E-state index >= 15 is 0 Å². The van der Waals surface area contributed by atoms with Gasteiger partial charge >= 0.3 is 0 Å². The first kappa shape index (κ1) is 8.48. The van der Waals surface area contributed by atoms with Gasteiger partial charge in [-0.3, -0.25) is 0 Å². The summed E-state index contributed by atoms with van der Waals surface area (Å²) in [6.07, 6.45) is 4.36. The van der Waals surface area contributed by atoms with E-state index in [-0.39, 0.29) is 12.2 Å². The Bertz CT molecular complexity index is 161. The fourth-order valence-corrected chi connectivity index (χ4v) is 2.42. The van der Waals surface area contributed by atoms with Gasteiger partial charge in [-0.25, -0.2) is 0 Å². The summed E-state index contributed by atoms with van der Waals surface area (Å²) in [4.78, 5) is 0. The molecule has 4 unspecified atom stereocenters. The molecule has 2 N–H and O–H groups in total. The van der Waals surface area contributed by atoms with Crippen molar-refractivity contribution in [3.8, 4) is 0 Å². The molecule has 2 saturated heterocycles. The number of fused-ring (bicyclic) bond motifs is 2. The zero-order chi connectivity index (χ0) is 8.55. The highest BCUT2D eigenvalue weighted by atomic mass is 16.5. The number of methoxy groups -OCH3 is 1. The normalized spacial score (nSPS) is 47.5. The van der Waals surface area contributed by atoms with Crippen molar-refractivity contribution >= 4 is 0 Å². The van der Waals surface area contributed by atoms with E-state index in [0.717, 1.165) is 12.8 Å². The molecule has 2 heterocycles. The standard InChI is InChI=1S/C9H17NO2/c1-12-9-5-8(11)6-3-2-4-7(9)10-6/h6-11H,2-5H2,1H3. The molecule has 0 saturated carbocycles. The number of aliphatic hydroxyl groups excluding tert-OH is 1. The van der Waals surface area contributed by atoms with Gasteiger partial charge in [-0.05, 0) is 12.8 Å². The molecule has 0 aromatic rings. The van der Waals surface area contributed by atoms with E-state index in [4.69, 9.17) is 4.74 Å². The smallest absolute Gasteiger partial charge is 0.0749 e. The summed E-state index contributed by atoms with van der Waals surface area (Å²) in [5, 5.41) is 13.1. The molecule has 2 bridgehead atoms. The van der Waals surface area contributed by atoms with Crippen molar-refractivity contribution in [3.05, 3.63) is 0 Å². The highest BCUT2D eigenvalue weighted by Crippen LogP contribution is 2.27. The Morgan fingerprint density at radius 2 is 2.08 bits per heavy atom. The number of aliphatic hydroxyl groups is 1. The van der Waals surface area contributed by atoms with E-state index < -0.39 is 0 Å². The minimum Gasteiger partial charge on any atom is -0.391 e. The molecule has 2 fully saturated rings. The quantitative estimate of drug-likeness (QED) is 0.595. The molecular formula is C9H17NO2. The molecule has 0 aromatic heterocycles. The topological polar surface area (TPSA) is 41.5 Å². The van der Waals surface area contributed by atoms with Crippen LogP contribution in [0.2, 0.25) is 0 Å². The third-order valence-corrected chi connectivity index (χ3v) is 3.15. The Balaban J connectivity index is 2.03. The lowest BCUT2D eigenvalue weighted by molar-refractivity contribution is -0.0441. The highest BCUT2D eigenvalue weighted by Gasteiger charge is 2.37. The van der Waals surface area contributed by atoms with Gasteiger partial charge in [-0.1, -0.05) is 6.42 Å². The summed E-state index contributed by atoms with van der Waals surface area (Å²) in [7, 11) is 1.73. The van der Waals surface area contributed by atoms with Gasteiger partial charge in [-0.2, -0.15) is 0 Å². The molecule has 4 atom stereocenters. The molecule has 0 spiro atoms. The average Bonchev–Trinajstić information content (AvgIpc) is 2.12. The second kappa shape index (κ2) is 3.32. The second-order valence-corrected chi connectivity index (χ2v) is 3.89. The molecular weight excluding hydrogens is 154 g/mol. The number of rotatable bonds is 1. The maximum atomic E-state index is 9.68. The first-order chi connectivity index (χ1) is 5.81. The van der Waals surface area contributed by atoms with Gasteiger partial charge in [0.2, 0.25) is 0 Å². The number of piperidine rings is 2. The average molecular weight is 171 g/mol. The third kappa shape index (κ3) is 1.37. The van der Waals surface area contributed by atoms with Crippen molar-refractivity contribution in [2.75, 3.05) is 7.11 Å². The first-order valence-corrected chi connectivity index (χ1v) is 4.78. The Kier molecular flexibility index (Phi) is 2.35. The molecule has 70 valence electrons. The Morgan fingerprint density at radius 3 is 2.83 bits per heavy atom. The van der Waals surface area contributed by atoms with Crippen molar-refractivity contribution in [2.24, 2.45) is 0 Å². The maximum Gasteiger partial charge on any atom is 0.0749 e. The van der Waals surface area contributed by atoms with Crippen molar-refractivity contribution in [2.45, 2.75) is 50.0 Å². The Labute approximate surface area is 73.1 Å². The molecule has 2 rings (SSSR count). The van der Waals surface area contributed by atoms with Crippen LogP contribution < -0.4 is 5.32 Å². The summed E-state index contributed by atoms with van der Waals surface area (Å²) >= 11 is 0. The van der Waals surface area contributed by atoms with Crippen LogP contribution in [-0.2, 0) is 4.74 Å². The van der Waals surface area contributed by atoms with E-state index in [1.165, 1.54) is 12.8 Å². The Morgan fingerprint density at radius 1 is 1.33 bits per heavy atom. The molecule has 3 heteroatoms. The largest absolute Gasteiger partial charge is 0.391 e. The second-order valence-electron chi connectivity index (χ2n) is 3.89. The lowest BCUT2D eigenvalue weighted by Crippen LogP contribution is -2.59. The minimum atomic E-state index is -0.202. The number of ether oxygens (including phenoxy) is 1. The van der Waals surface area contributed by atoms with Crippen LogP contribution >= 0.6 is 0 Å². The summed E-state index contributed by atoms with van der Waals surface area (Å²) < 4.78 is 5.32. The zero-order valence-electron chi connectivity index (χ0n) is 7.49. The zero-order valence-corrected chi connectivity index (χ0v) is 7.49. The number of hydrogen-bond donors (Lipinski definition) is 2. The van der Waals surface area contributed by atoms with Gasteiger partial charge in [0.25, 0.3) is 0 Å². The van der Waals surface area contributed by atoms with Crippen LogP contribution in [-0.4, -0.2) is 36.5 Å². The molecule has 3 nitrogen and oxygen atoms in total. The van der Waals surface area contributed by atoms with Gasteiger partial charge in [0.15, 0.2) is 0 Å². The van der Waals surface area contributed by atoms with Gasteiger partial charge in [-0.15, -0.1) is 0 Å². The highest BCUT2D eigenvalue weighted by molar-refractivity contribution is 4.96. The Hall–Kier alpha value is -0.120. The van der Waals surface area contributed by atoms with Crippen LogP contribution in [0.15, 0.2) is 0 Å². The SMILES string of the molecule is COC1CC(O)C2CCCC1N2. The molecule has 0 aromatic carbocycles. The summed E-state index contributed by atoms with van der Waals surface area (Å²) in [6.45, 7) is 0. The number of hydrogen-bond acceptors (Lipinski definition) is 3. The first-order valence-electron chi connectivity index (χ1n) is 4.78. The number of nitrogens with one attached hydrogen (secondary N) is 1. The van der Waals surface area contributed by atoms with Crippen molar-refractivity contribution in [1.29, 1.82) is 0 Å². The lowest BCUT2D eigenvalue weighted by atomic mass is 9.83. The predicted molar refractivity (Wildman–Crippen MR) is 46.0 cm³/mol. The molecule has 0 amide bonds. The predicted octanol–water partition coefficient (Wildman–Crippen LogP) is 0.277. The van der Waals surface area contributed by atoms with Gasteiger partial charge in [0.05, 0.1) is 12.2 Å². The van der Waals surface area contributed by atoms with Crippen LogP contribution in [0.5, 0.6) is 0 Å². The van der Waals surface area contributed by atoms with Crippen molar-refractivity contribution in [1.82, 2.24) is 5.32 Å². The molecule has 0 aliphatic carbocycles. The van der Waals surface area contributed by atoms with Crippen LogP contribution in [0.3, 0.4) is 0 Å². The van der Waals surface area contributed by atoms with E-state index in [0.29, 0.717) is 12.1 Å². The van der Waals surface area contributed by atoms with Crippen LogP contribution in [0, 0.1) is 0 Å². The fraction of sp³-hybridized carbons (Fsp3) is 1.00. The lowest BCUT2D eigenvalue weighted by Gasteiger charge is -2.43. The third-order valence-electron chi connectivity index (χ3n) is 3.15. The van der Waals surface area contributed by atoms with E-state index in [2.05, 4.69) is 5.32 Å². The molecule has 0 radical (unpaired) electrons. The van der Waals surface area contributed by atoms with Crippen LogP contribution in [0.4, 0.5) is 0 Å². The van der Waals surface area contributed by atoms with E-state index in [9.17, 15) is 5.11 Å². The van der Waals surface area contributed by atoms with E-state index in [1.807, 2.05) is 0 Å². The summed E-state index contributed by atoms with van der Waals surface area (Å²) in [6, 6.07) is 0.812. The minimum absolute atomic E-state index is 0.202. The van der Waals surface area contributed by atoms with E-state index in [1.54, 1.807) is 7.11 Å². The monoisotopic (exact) mass is 171 g/mol. The van der Waals surface area contributed by atoms with Crippen LogP contribution in [0.25, 0.3) is 0 Å². The molecule has 12 heavy (non-hydrogen) atoms. The van der Waals surface area contributed by atoms with Gasteiger partial charge < -0.3 is 15.2 Å². The van der Waals surface area contributed by atoms with Crippen molar-refractivity contribution in [3.63, 3.8) is 0 Å². The maximum absolute atomic E-state index is 9.68. The van der Waals surface area contributed by atoms with Gasteiger partial charge in [0, 0.05) is 25.6 Å².